The van der Waals surface area contributed by atoms with E-state index < -0.39 is 17.7 Å². The largest absolute Gasteiger partial charge is 0.444 e. The summed E-state index contributed by atoms with van der Waals surface area (Å²) < 4.78 is 10.5. The number of nitriles is 1. The van der Waals surface area contributed by atoms with Gasteiger partial charge in [0, 0.05) is 0 Å². The maximum absolute atomic E-state index is 11.9. The lowest BCUT2D eigenvalue weighted by Gasteiger charge is -2.37. The molecule has 2 unspecified atom stereocenters. The van der Waals surface area contributed by atoms with Crippen LogP contribution >= 0.6 is 0 Å². The summed E-state index contributed by atoms with van der Waals surface area (Å²) in [5.74, 6) is 0. The van der Waals surface area contributed by atoms with Crippen LogP contribution in [0.25, 0.3) is 0 Å². The average molecular weight is 226 g/mol. The summed E-state index contributed by atoms with van der Waals surface area (Å²) in [7, 11) is 0. The summed E-state index contributed by atoms with van der Waals surface area (Å²) in [4.78, 5) is 13.3. The third kappa shape index (κ3) is 3.11. The molecule has 90 valence electrons. The van der Waals surface area contributed by atoms with E-state index >= 15 is 0 Å². The summed E-state index contributed by atoms with van der Waals surface area (Å²) in [5.41, 5.74) is -0.547. The van der Waals surface area contributed by atoms with Gasteiger partial charge in [-0.05, 0) is 27.7 Å². The molecule has 5 nitrogen and oxygen atoms in total. The first kappa shape index (κ1) is 12.8. The maximum Gasteiger partial charge on any atom is 0.411 e. The molecule has 16 heavy (non-hydrogen) atoms. The monoisotopic (exact) mass is 226 g/mol. The fraction of sp³-hybridized carbons (Fsp3) is 0.818. The van der Waals surface area contributed by atoms with Crippen molar-refractivity contribution in [2.24, 2.45) is 0 Å². The Balaban J connectivity index is 2.75. The van der Waals surface area contributed by atoms with Crippen molar-refractivity contribution >= 4 is 6.09 Å². The molecule has 0 spiro atoms. The molecule has 0 aromatic carbocycles. The first-order chi connectivity index (χ1) is 7.35. The van der Waals surface area contributed by atoms with E-state index in [0.29, 0.717) is 6.61 Å². The molecular weight excluding hydrogens is 208 g/mol. The van der Waals surface area contributed by atoms with Gasteiger partial charge in [-0.2, -0.15) is 5.26 Å². The molecule has 0 N–H and O–H groups in total. The molecule has 1 fully saturated rings. The van der Waals surface area contributed by atoms with E-state index in [1.807, 2.05) is 6.92 Å². The standard InChI is InChI=1S/C11H18N2O3/c1-8-6-15-7-9(5-12)13(8)10(14)16-11(2,3)4/h8-9H,6-7H2,1-4H3. The number of rotatable bonds is 0. The van der Waals surface area contributed by atoms with Gasteiger partial charge in [0.15, 0.2) is 0 Å². The van der Waals surface area contributed by atoms with Crippen molar-refractivity contribution in [3.05, 3.63) is 0 Å². The second-order valence-corrected chi connectivity index (χ2v) is 4.92. The highest BCUT2D eigenvalue weighted by Crippen LogP contribution is 2.17. The predicted octanol–water partition coefficient (Wildman–Crippen LogP) is 1.53. The van der Waals surface area contributed by atoms with E-state index in [4.69, 9.17) is 14.7 Å². The number of amides is 1. The van der Waals surface area contributed by atoms with Crippen LogP contribution in [0.5, 0.6) is 0 Å². The van der Waals surface area contributed by atoms with E-state index in [1.54, 1.807) is 20.8 Å². The minimum absolute atomic E-state index is 0.131. The van der Waals surface area contributed by atoms with Gasteiger partial charge in [-0.15, -0.1) is 0 Å². The van der Waals surface area contributed by atoms with Crippen LogP contribution in [-0.2, 0) is 9.47 Å². The highest BCUT2D eigenvalue weighted by Gasteiger charge is 2.35. The molecular formula is C11H18N2O3. The molecule has 1 amide bonds. The van der Waals surface area contributed by atoms with Crippen molar-refractivity contribution in [2.45, 2.75) is 45.4 Å². The quantitative estimate of drug-likeness (QED) is 0.628. The van der Waals surface area contributed by atoms with Crippen molar-refractivity contribution in [1.82, 2.24) is 4.90 Å². The van der Waals surface area contributed by atoms with Crippen LogP contribution in [-0.4, -0.2) is 41.9 Å². The van der Waals surface area contributed by atoms with Gasteiger partial charge in [-0.3, -0.25) is 4.90 Å². The van der Waals surface area contributed by atoms with Crippen LogP contribution in [0.1, 0.15) is 27.7 Å². The van der Waals surface area contributed by atoms with Gasteiger partial charge in [0.25, 0.3) is 0 Å². The van der Waals surface area contributed by atoms with E-state index in [0.717, 1.165) is 0 Å². The van der Waals surface area contributed by atoms with Crippen molar-refractivity contribution in [3.8, 4) is 6.07 Å². The van der Waals surface area contributed by atoms with Gasteiger partial charge in [0.1, 0.15) is 11.6 Å². The average Bonchev–Trinajstić information content (AvgIpc) is 2.14. The van der Waals surface area contributed by atoms with E-state index in [2.05, 4.69) is 6.07 Å². The Labute approximate surface area is 95.9 Å². The zero-order valence-corrected chi connectivity index (χ0v) is 10.2. The minimum atomic E-state index is -0.557. The van der Waals surface area contributed by atoms with Gasteiger partial charge in [-0.1, -0.05) is 0 Å². The molecule has 5 heteroatoms. The molecule has 0 aliphatic carbocycles. The minimum Gasteiger partial charge on any atom is -0.444 e. The highest BCUT2D eigenvalue weighted by atomic mass is 16.6. The van der Waals surface area contributed by atoms with Crippen molar-refractivity contribution in [1.29, 1.82) is 5.26 Å². The Kier molecular flexibility index (Phi) is 3.76. The number of carbonyl (C=O) groups excluding carboxylic acids is 1. The predicted molar refractivity (Wildman–Crippen MR) is 57.8 cm³/mol. The Morgan fingerprint density at radius 3 is 2.62 bits per heavy atom. The second kappa shape index (κ2) is 4.71. The molecule has 0 radical (unpaired) electrons. The lowest BCUT2D eigenvalue weighted by atomic mass is 10.1. The summed E-state index contributed by atoms with van der Waals surface area (Å²) >= 11 is 0. The number of carbonyl (C=O) groups is 1. The normalized spacial score (nSPS) is 26.1. The van der Waals surface area contributed by atoms with Crippen molar-refractivity contribution < 1.29 is 14.3 Å². The smallest absolute Gasteiger partial charge is 0.411 e. The van der Waals surface area contributed by atoms with Crippen LogP contribution in [0.2, 0.25) is 0 Å². The second-order valence-electron chi connectivity index (χ2n) is 4.92. The fourth-order valence-electron chi connectivity index (χ4n) is 1.54. The van der Waals surface area contributed by atoms with Gasteiger partial charge in [0.2, 0.25) is 0 Å². The molecule has 0 aromatic heterocycles. The highest BCUT2D eigenvalue weighted by molar-refractivity contribution is 5.69. The van der Waals surface area contributed by atoms with Crippen molar-refractivity contribution in [3.63, 3.8) is 0 Å². The van der Waals surface area contributed by atoms with E-state index in [9.17, 15) is 4.79 Å². The molecule has 1 saturated heterocycles. The summed E-state index contributed by atoms with van der Waals surface area (Å²) in [5, 5.41) is 8.95. The number of nitrogens with zero attached hydrogens (tertiary/aromatic N) is 2. The SMILES string of the molecule is CC1COCC(C#N)N1C(=O)OC(C)(C)C. The number of ether oxygens (including phenoxy) is 2. The van der Waals surface area contributed by atoms with Gasteiger partial charge in [-0.25, -0.2) is 4.79 Å². The third-order valence-corrected chi connectivity index (χ3v) is 2.20. The maximum atomic E-state index is 11.9. The number of hydrogen-bond acceptors (Lipinski definition) is 4. The van der Waals surface area contributed by atoms with Gasteiger partial charge < -0.3 is 9.47 Å². The molecule has 0 aromatic rings. The summed E-state index contributed by atoms with van der Waals surface area (Å²) in [6, 6.07) is 1.36. The summed E-state index contributed by atoms with van der Waals surface area (Å²) in [6.45, 7) is 7.94. The Morgan fingerprint density at radius 1 is 1.50 bits per heavy atom. The Morgan fingerprint density at radius 2 is 2.12 bits per heavy atom. The van der Waals surface area contributed by atoms with Crippen LogP contribution in [0.4, 0.5) is 4.79 Å². The van der Waals surface area contributed by atoms with Crippen LogP contribution in [0, 0.1) is 11.3 Å². The molecule has 1 aliphatic rings. The number of morpholine rings is 1. The summed E-state index contributed by atoms with van der Waals surface area (Å²) in [6.07, 6.45) is -0.449. The van der Waals surface area contributed by atoms with Crippen LogP contribution < -0.4 is 0 Å². The lowest BCUT2D eigenvalue weighted by molar-refractivity contribution is -0.0431. The van der Waals surface area contributed by atoms with Crippen LogP contribution in [0.15, 0.2) is 0 Å². The van der Waals surface area contributed by atoms with Crippen LogP contribution in [0.3, 0.4) is 0 Å². The van der Waals surface area contributed by atoms with E-state index in [1.165, 1.54) is 4.90 Å². The lowest BCUT2D eigenvalue weighted by Crippen LogP contribution is -2.54. The molecule has 2 atom stereocenters. The first-order valence-corrected chi connectivity index (χ1v) is 5.34. The molecule has 1 heterocycles. The molecule has 0 saturated carbocycles. The zero-order valence-electron chi connectivity index (χ0n) is 10.2. The molecule has 1 rings (SSSR count). The molecule has 0 bridgehead atoms. The third-order valence-electron chi connectivity index (χ3n) is 2.20. The molecule has 1 aliphatic heterocycles. The first-order valence-electron chi connectivity index (χ1n) is 5.34. The number of hydrogen-bond donors (Lipinski definition) is 0. The Bertz CT molecular complexity index is 303. The Hall–Kier alpha value is -1.28. The van der Waals surface area contributed by atoms with Crippen molar-refractivity contribution in [2.75, 3.05) is 13.2 Å². The van der Waals surface area contributed by atoms with E-state index in [-0.39, 0.29) is 12.6 Å². The van der Waals surface area contributed by atoms with Gasteiger partial charge in [0.05, 0.1) is 25.3 Å². The zero-order chi connectivity index (χ0) is 12.3. The van der Waals surface area contributed by atoms with Gasteiger partial charge >= 0.3 is 6.09 Å². The fourth-order valence-corrected chi connectivity index (χ4v) is 1.54. The topological polar surface area (TPSA) is 62.6 Å².